The third kappa shape index (κ3) is 5.04. The zero-order chi connectivity index (χ0) is 19.1. The molecule has 0 saturated heterocycles. The number of amides is 1. The molecule has 1 amide bonds. The minimum Gasteiger partial charge on any atom is -0.395 e. The van der Waals surface area contributed by atoms with E-state index in [-0.39, 0.29) is 6.61 Å². The molecular formula is C21H23N3O3. The second-order valence-electron chi connectivity index (χ2n) is 6.34. The number of rotatable bonds is 8. The van der Waals surface area contributed by atoms with Crippen molar-refractivity contribution in [3.05, 3.63) is 77.5 Å². The van der Waals surface area contributed by atoms with Gasteiger partial charge >= 0.3 is 0 Å². The van der Waals surface area contributed by atoms with Gasteiger partial charge in [-0.3, -0.25) is 14.9 Å². The Bertz CT molecular complexity index is 916. The highest BCUT2D eigenvalue weighted by Crippen LogP contribution is 2.20. The molecule has 0 saturated carbocycles. The number of nitrogens with zero attached hydrogens (tertiary/aromatic N) is 1. The van der Waals surface area contributed by atoms with Crippen LogP contribution in [0.1, 0.15) is 16.7 Å². The number of aliphatic hydroxyl groups is 1. The predicted molar refractivity (Wildman–Crippen MR) is 105 cm³/mol. The highest BCUT2D eigenvalue weighted by Gasteiger charge is 2.10. The van der Waals surface area contributed by atoms with Crippen molar-refractivity contribution in [2.45, 2.75) is 13.1 Å². The van der Waals surface area contributed by atoms with E-state index in [4.69, 9.17) is 5.21 Å². The van der Waals surface area contributed by atoms with Crippen LogP contribution >= 0.6 is 0 Å². The van der Waals surface area contributed by atoms with Gasteiger partial charge < -0.3 is 10.1 Å². The van der Waals surface area contributed by atoms with Gasteiger partial charge in [0.2, 0.25) is 0 Å². The van der Waals surface area contributed by atoms with Crippen LogP contribution in [0.5, 0.6) is 0 Å². The first-order valence-electron chi connectivity index (χ1n) is 8.79. The average Bonchev–Trinajstić information content (AvgIpc) is 3.10. The Kier molecular flexibility index (Phi) is 6.38. The largest absolute Gasteiger partial charge is 0.395 e. The predicted octanol–water partition coefficient (Wildman–Crippen LogP) is 2.68. The Morgan fingerprint density at radius 2 is 1.89 bits per heavy atom. The third-order valence-corrected chi connectivity index (χ3v) is 4.41. The van der Waals surface area contributed by atoms with Gasteiger partial charge in [-0.05, 0) is 28.8 Å². The number of nitrogens with one attached hydrogen (secondary N) is 2. The molecule has 1 heterocycles. The van der Waals surface area contributed by atoms with Crippen LogP contribution in [0, 0.1) is 0 Å². The summed E-state index contributed by atoms with van der Waals surface area (Å²) in [5.41, 5.74) is 5.86. The average molecular weight is 365 g/mol. The number of benzene rings is 2. The monoisotopic (exact) mass is 365 g/mol. The van der Waals surface area contributed by atoms with Crippen LogP contribution in [0.25, 0.3) is 17.0 Å². The highest BCUT2D eigenvalue weighted by atomic mass is 16.5. The van der Waals surface area contributed by atoms with Crippen molar-refractivity contribution >= 4 is 22.9 Å². The van der Waals surface area contributed by atoms with Crippen LogP contribution in [0.4, 0.5) is 0 Å². The molecule has 27 heavy (non-hydrogen) atoms. The maximum atomic E-state index is 11.0. The van der Waals surface area contributed by atoms with Crippen molar-refractivity contribution in [1.29, 1.82) is 0 Å². The van der Waals surface area contributed by atoms with Crippen molar-refractivity contribution in [3.8, 4) is 0 Å². The van der Waals surface area contributed by atoms with Crippen molar-refractivity contribution in [2.24, 2.45) is 0 Å². The second-order valence-corrected chi connectivity index (χ2v) is 6.34. The van der Waals surface area contributed by atoms with E-state index in [1.54, 1.807) is 11.6 Å². The molecule has 0 fully saturated rings. The van der Waals surface area contributed by atoms with Crippen LogP contribution in [0.2, 0.25) is 0 Å². The molecule has 1 aromatic heterocycles. The van der Waals surface area contributed by atoms with Crippen molar-refractivity contribution in [1.82, 2.24) is 15.4 Å². The molecule has 6 heteroatoms. The van der Waals surface area contributed by atoms with Crippen LogP contribution in [-0.2, 0) is 17.9 Å². The Labute approximate surface area is 157 Å². The normalized spacial score (nSPS) is 11.5. The molecular weight excluding hydrogens is 342 g/mol. The number of aliphatic hydroxyl groups excluding tert-OH is 1. The summed E-state index contributed by atoms with van der Waals surface area (Å²) in [4.78, 5) is 16.5. The molecule has 6 nitrogen and oxygen atoms in total. The molecule has 2 aromatic carbocycles. The lowest BCUT2D eigenvalue weighted by atomic mass is 10.1. The van der Waals surface area contributed by atoms with E-state index in [2.05, 4.69) is 22.0 Å². The maximum Gasteiger partial charge on any atom is 0.267 e. The summed E-state index contributed by atoms with van der Waals surface area (Å²) in [6.45, 7) is 2.13. The number of carbonyl (C=O) groups excluding carboxylic acids is 1. The second kappa shape index (κ2) is 9.14. The number of hydroxylamine groups is 1. The van der Waals surface area contributed by atoms with E-state index in [1.807, 2.05) is 42.6 Å². The summed E-state index contributed by atoms with van der Waals surface area (Å²) >= 11 is 0. The number of hydrogen-bond donors (Lipinski definition) is 4. The minimum absolute atomic E-state index is 0.0967. The lowest BCUT2D eigenvalue weighted by molar-refractivity contribution is -0.124. The SMILES string of the molecule is O=C(C=Cc1ccc(CN(CCO)Cc2c[nH]c3ccccc23)cc1)NO. The Morgan fingerprint density at radius 1 is 1.11 bits per heavy atom. The van der Waals surface area contributed by atoms with Crippen LogP contribution < -0.4 is 5.48 Å². The first kappa shape index (κ1) is 18.8. The fraction of sp³-hybridized carbons (Fsp3) is 0.190. The van der Waals surface area contributed by atoms with Crippen molar-refractivity contribution in [3.63, 3.8) is 0 Å². The zero-order valence-corrected chi connectivity index (χ0v) is 14.9. The van der Waals surface area contributed by atoms with Gasteiger partial charge in [0.15, 0.2) is 0 Å². The number of carbonyl (C=O) groups is 1. The molecule has 0 aliphatic heterocycles. The molecule has 0 atom stereocenters. The Balaban J connectivity index is 1.69. The van der Waals surface area contributed by atoms with Gasteiger partial charge in [-0.1, -0.05) is 42.5 Å². The fourth-order valence-corrected chi connectivity index (χ4v) is 3.06. The van der Waals surface area contributed by atoms with E-state index in [1.165, 1.54) is 17.0 Å². The Hall–Kier alpha value is -2.93. The number of H-pyrrole nitrogens is 1. The summed E-state index contributed by atoms with van der Waals surface area (Å²) in [7, 11) is 0. The van der Waals surface area contributed by atoms with Gasteiger partial charge in [-0.15, -0.1) is 0 Å². The summed E-state index contributed by atoms with van der Waals surface area (Å²) in [6.07, 6.45) is 4.92. The van der Waals surface area contributed by atoms with Gasteiger partial charge in [0.1, 0.15) is 0 Å². The number of aromatic amines is 1. The number of fused-ring (bicyclic) bond motifs is 1. The standard InChI is InChI=1S/C21H23N3O3/c25-12-11-24(15-18-13-22-20-4-2-1-3-19(18)20)14-17-7-5-16(6-8-17)9-10-21(26)23-27/h1-10,13,22,25,27H,11-12,14-15H2,(H,23,26). The minimum atomic E-state index is -0.563. The molecule has 3 aromatic rings. The van der Waals surface area contributed by atoms with Crippen molar-refractivity contribution in [2.75, 3.05) is 13.2 Å². The molecule has 0 bridgehead atoms. The van der Waals surface area contributed by atoms with E-state index >= 15 is 0 Å². The summed E-state index contributed by atoms with van der Waals surface area (Å²) < 4.78 is 0. The van der Waals surface area contributed by atoms with Gasteiger partial charge in [0, 0.05) is 42.8 Å². The summed E-state index contributed by atoms with van der Waals surface area (Å²) in [6, 6.07) is 16.0. The van der Waals surface area contributed by atoms with E-state index in [0.29, 0.717) is 13.1 Å². The molecule has 0 aliphatic carbocycles. The van der Waals surface area contributed by atoms with Crippen LogP contribution in [0.3, 0.4) is 0 Å². The van der Waals surface area contributed by atoms with E-state index in [9.17, 15) is 9.90 Å². The van der Waals surface area contributed by atoms with Gasteiger partial charge in [0.25, 0.3) is 5.91 Å². The number of para-hydroxylation sites is 1. The molecule has 4 N–H and O–H groups in total. The van der Waals surface area contributed by atoms with E-state index in [0.717, 1.165) is 23.2 Å². The zero-order valence-electron chi connectivity index (χ0n) is 14.9. The highest BCUT2D eigenvalue weighted by molar-refractivity contribution is 5.90. The number of aromatic nitrogens is 1. The third-order valence-electron chi connectivity index (χ3n) is 4.41. The Morgan fingerprint density at radius 3 is 2.63 bits per heavy atom. The molecule has 0 aliphatic rings. The molecule has 0 spiro atoms. The van der Waals surface area contributed by atoms with Crippen molar-refractivity contribution < 1.29 is 15.1 Å². The van der Waals surface area contributed by atoms with Gasteiger partial charge in [-0.2, -0.15) is 0 Å². The molecule has 3 rings (SSSR count). The maximum absolute atomic E-state index is 11.0. The lowest BCUT2D eigenvalue weighted by Crippen LogP contribution is -2.26. The van der Waals surface area contributed by atoms with Gasteiger partial charge in [0.05, 0.1) is 6.61 Å². The fourth-order valence-electron chi connectivity index (χ4n) is 3.06. The molecule has 0 radical (unpaired) electrons. The quantitative estimate of drug-likeness (QED) is 0.281. The number of hydrogen-bond acceptors (Lipinski definition) is 4. The smallest absolute Gasteiger partial charge is 0.267 e. The summed E-state index contributed by atoms with van der Waals surface area (Å²) in [5, 5.41) is 19.1. The topological polar surface area (TPSA) is 88.6 Å². The van der Waals surface area contributed by atoms with Gasteiger partial charge in [-0.25, -0.2) is 5.48 Å². The van der Waals surface area contributed by atoms with Crippen LogP contribution in [-0.4, -0.2) is 39.3 Å². The molecule has 0 unspecified atom stereocenters. The summed E-state index contributed by atoms with van der Waals surface area (Å²) in [5.74, 6) is -0.563. The first-order chi connectivity index (χ1) is 13.2. The van der Waals surface area contributed by atoms with E-state index < -0.39 is 5.91 Å². The molecule has 140 valence electrons. The lowest BCUT2D eigenvalue weighted by Gasteiger charge is -2.21. The van der Waals surface area contributed by atoms with Crippen LogP contribution in [0.15, 0.2) is 60.8 Å². The first-order valence-corrected chi connectivity index (χ1v) is 8.79.